The molecular formula is C11H24N2O. The fraction of sp³-hybridized carbons (Fsp3) is 1.00. The lowest BCUT2D eigenvalue weighted by Crippen LogP contribution is -2.39. The first-order valence-corrected chi connectivity index (χ1v) is 5.82. The smallest absolute Gasteiger partial charge is 0.0589 e. The summed E-state index contributed by atoms with van der Waals surface area (Å²) < 4.78 is 5.12. The maximum atomic E-state index is 5.12. The van der Waals surface area contributed by atoms with Gasteiger partial charge in [-0.1, -0.05) is 6.92 Å². The molecule has 1 heterocycles. The summed E-state index contributed by atoms with van der Waals surface area (Å²) >= 11 is 0. The van der Waals surface area contributed by atoms with Crippen molar-refractivity contribution in [1.82, 2.24) is 10.2 Å². The van der Waals surface area contributed by atoms with E-state index in [0.717, 1.165) is 32.3 Å². The quantitative estimate of drug-likeness (QED) is 0.623. The topological polar surface area (TPSA) is 24.5 Å². The lowest BCUT2D eigenvalue weighted by Gasteiger charge is -2.24. The molecule has 1 fully saturated rings. The van der Waals surface area contributed by atoms with Crippen LogP contribution in [0, 0.1) is 0 Å². The molecule has 1 aliphatic heterocycles. The minimum atomic E-state index is 0.747. The number of methoxy groups -OCH3 is 1. The molecule has 0 aliphatic carbocycles. The van der Waals surface area contributed by atoms with Crippen LogP contribution in [-0.4, -0.2) is 50.8 Å². The Kier molecular flexibility index (Phi) is 6.15. The van der Waals surface area contributed by atoms with Gasteiger partial charge in [-0.25, -0.2) is 0 Å². The lowest BCUT2D eigenvalue weighted by molar-refractivity contribution is 0.140. The van der Waals surface area contributed by atoms with Crippen LogP contribution < -0.4 is 5.32 Å². The SMILES string of the molecule is CCCNCC1CCCN1CCOC. The molecule has 0 radical (unpaired) electrons. The molecule has 1 aliphatic rings. The van der Waals surface area contributed by atoms with Gasteiger partial charge in [-0.05, 0) is 32.4 Å². The standard InChI is InChI=1S/C11H24N2O/c1-3-6-12-10-11-5-4-7-13(11)8-9-14-2/h11-12H,3-10H2,1-2H3. The van der Waals surface area contributed by atoms with Crippen LogP contribution in [0.15, 0.2) is 0 Å². The first-order valence-electron chi connectivity index (χ1n) is 5.82. The second-order valence-corrected chi connectivity index (χ2v) is 4.03. The molecule has 0 aromatic rings. The van der Waals surface area contributed by atoms with Crippen molar-refractivity contribution in [1.29, 1.82) is 0 Å². The molecule has 0 aromatic heterocycles. The first kappa shape index (κ1) is 12.0. The van der Waals surface area contributed by atoms with Gasteiger partial charge in [0, 0.05) is 26.2 Å². The number of rotatable bonds is 7. The summed E-state index contributed by atoms with van der Waals surface area (Å²) in [6.45, 7) is 7.72. The van der Waals surface area contributed by atoms with E-state index in [1.165, 1.54) is 25.8 Å². The highest BCUT2D eigenvalue weighted by Gasteiger charge is 2.22. The number of nitrogens with one attached hydrogen (secondary N) is 1. The molecule has 1 saturated heterocycles. The van der Waals surface area contributed by atoms with E-state index in [-0.39, 0.29) is 0 Å². The van der Waals surface area contributed by atoms with Gasteiger partial charge in [-0.2, -0.15) is 0 Å². The van der Waals surface area contributed by atoms with E-state index < -0.39 is 0 Å². The number of hydrogen-bond acceptors (Lipinski definition) is 3. The molecule has 0 spiro atoms. The molecule has 0 bridgehead atoms. The molecule has 3 nitrogen and oxygen atoms in total. The van der Waals surface area contributed by atoms with Gasteiger partial charge < -0.3 is 10.1 Å². The average molecular weight is 200 g/mol. The number of ether oxygens (including phenoxy) is 1. The van der Waals surface area contributed by atoms with Crippen LogP contribution in [-0.2, 0) is 4.74 Å². The predicted molar refractivity (Wildman–Crippen MR) is 59.6 cm³/mol. The minimum Gasteiger partial charge on any atom is -0.383 e. The molecule has 84 valence electrons. The Morgan fingerprint density at radius 2 is 2.36 bits per heavy atom. The lowest BCUT2D eigenvalue weighted by atomic mass is 10.2. The highest BCUT2D eigenvalue weighted by molar-refractivity contribution is 4.80. The third-order valence-electron chi connectivity index (χ3n) is 2.89. The van der Waals surface area contributed by atoms with Gasteiger partial charge in [0.25, 0.3) is 0 Å². The monoisotopic (exact) mass is 200 g/mol. The van der Waals surface area contributed by atoms with E-state index in [4.69, 9.17) is 4.74 Å². The molecule has 1 unspecified atom stereocenters. The first-order chi connectivity index (χ1) is 6.88. The van der Waals surface area contributed by atoms with Crippen molar-refractivity contribution >= 4 is 0 Å². The summed E-state index contributed by atoms with van der Waals surface area (Å²) in [5.74, 6) is 0. The molecule has 0 amide bonds. The molecule has 1 N–H and O–H groups in total. The van der Waals surface area contributed by atoms with E-state index in [1.54, 1.807) is 7.11 Å². The number of likely N-dealkylation sites (tertiary alicyclic amines) is 1. The highest BCUT2D eigenvalue weighted by Crippen LogP contribution is 2.15. The fourth-order valence-electron chi connectivity index (χ4n) is 2.07. The Hall–Kier alpha value is -0.120. The average Bonchev–Trinajstić information content (AvgIpc) is 2.63. The second kappa shape index (κ2) is 7.21. The van der Waals surface area contributed by atoms with E-state index in [2.05, 4.69) is 17.1 Å². The van der Waals surface area contributed by atoms with E-state index in [0.29, 0.717) is 0 Å². The maximum absolute atomic E-state index is 5.12. The van der Waals surface area contributed by atoms with E-state index >= 15 is 0 Å². The van der Waals surface area contributed by atoms with E-state index in [9.17, 15) is 0 Å². The zero-order chi connectivity index (χ0) is 10.2. The Labute approximate surface area is 87.8 Å². The third kappa shape index (κ3) is 3.95. The molecule has 0 aromatic carbocycles. The summed E-state index contributed by atoms with van der Waals surface area (Å²) in [5.41, 5.74) is 0. The zero-order valence-electron chi connectivity index (χ0n) is 9.59. The fourth-order valence-corrected chi connectivity index (χ4v) is 2.07. The van der Waals surface area contributed by atoms with Gasteiger partial charge in [-0.3, -0.25) is 4.90 Å². The van der Waals surface area contributed by atoms with Crippen LogP contribution in [0.2, 0.25) is 0 Å². The van der Waals surface area contributed by atoms with Crippen LogP contribution in [0.3, 0.4) is 0 Å². The summed E-state index contributed by atoms with van der Waals surface area (Å²) in [6.07, 6.45) is 3.92. The van der Waals surface area contributed by atoms with Gasteiger partial charge >= 0.3 is 0 Å². The summed E-state index contributed by atoms with van der Waals surface area (Å²) in [5, 5.41) is 3.50. The van der Waals surface area contributed by atoms with Crippen molar-refractivity contribution in [3.8, 4) is 0 Å². The number of hydrogen-bond donors (Lipinski definition) is 1. The maximum Gasteiger partial charge on any atom is 0.0589 e. The molecular weight excluding hydrogens is 176 g/mol. The van der Waals surface area contributed by atoms with Gasteiger partial charge in [-0.15, -0.1) is 0 Å². The van der Waals surface area contributed by atoms with Crippen molar-refractivity contribution in [3.63, 3.8) is 0 Å². The molecule has 3 heteroatoms. The summed E-state index contributed by atoms with van der Waals surface area (Å²) in [7, 11) is 1.78. The van der Waals surface area contributed by atoms with Gasteiger partial charge in [0.2, 0.25) is 0 Å². The minimum absolute atomic E-state index is 0.747. The normalized spacial score (nSPS) is 23.1. The second-order valence-electron chi connectivity index (χ2n) is 4.03. The largest absolute Gasteiger partial charge is 0.383 e. The highest BCUT2D eigenvalue weighted by atomic mass is 16.5. The summed E-state index contributed by atoms with van der Waals surface area (Å²) in [4.78, 5) is 2.55. The van der Waals surface area contributed by atoms with Crippen molar-refractivity contribution < 1.29 is 4.74 Å². The van der Waals surface area contributed by atoms with Crippen molar-refractivity contribution in [3.05, 3.63) is 0 Å². The third-order valence-corrected chi connectivity index (χ3v) is 2.89. The molecule has 1 rings (SSSR count). The molecule has 1 atom stereocenters. The van der Waals surface area contributed by atoms with Crippen molar-refractivity contribution in [2.75, 3.05) is 39.9 Å². The van der Waals surface area contributed by atoms with Crippen molar-refractivity contribution in [2.45, 2.75) is 32.2 Å². The van der Waals surface area contributed by atoms with Gasteiger partial charge in [0.15, 0.2) is 0 Å². The van der Waals surface area contributed by atoms with Crippen LogP contribution in [0.5, 0.6) is 0 Å². The predicted octanol–water partition coefficient (Wildman–Crippen LogP) is 1.10. The Balaban J connectivity index is 2.14. The van der Waals surface area contributed by atoms with Gasteiger partial charge in [0.05, 0.1) is 6.61 Å². The van der Waals surface area contributed by atoms with Crippen LogP contribution in [0.1, 0.15) is 26.2 Å². The van der Waals surface area contributed by atoms with Crippen LogP contribution >= 0.6 is 0 Å². The Bertz CT molecular complexity index is 141. The van der Waals surface area contributed by atoms with Crippen LogP contribution in [0.4, 0.5) is 0 Å². The number of nitrogens with zero attached hydrogens (tertiary/aromatic N) is 1. The van der Waals surface area contributed by atoms with Crippen molar-refractivity contribution in [2.24, 2.45) is 0 Å². The Morgan fingerprint density at radius 1 is 1.50 bits per heavy atom. The molecule has 14 heavy (non-hydrogen) atoms. The Morgan fingerprint density at radius 3 is 3.07 bits per heavy atom. The summed E-state index contributed by atoms with van der Waals surface area (Å²) in [6, 6.07) is 0.747. The van der Waals surface area contributed by atoms with Gasteiger partial charge in [0.1, 0.15) is 0 Å². The zero-order valence-corrected chi connectivity index (χ0v) is 9.59. The van der Waals surface area contributed by atoms with Crippen LogP contribution in [0.25, 0.3) is 0 Å². The molecule has 0 saturated carbocycles. The van der Waals surface area contributed by atoms with E-state index in [1.807, 2.05) is 0 Å².